The van der Waals surface area contributed by atoms with Gasteiger partial charge in [0.15, 0.2) is 0 Å². The zero-order valence-electron chi connectivity index (χ0n) is 22.8. The molecule has 0 amide bonds. The molecule has 0 rings (SSSR count). The van der Waals surface area contributed by atoms with E-state index in [1.807, 2.05) is 0 Å². The van der Waals surface area contributed by atoms with Crippen LogP contribution in [-0.2, 0) is 0 Å². The van der Waals surface area contributed by atoms with E-state index in [-0.39, 0.29) is 0 Å². The van der Waals surface area contributed by atoms with E-state index in [9.17, 15) is 0 Å². The molecule has 170 valence electrons. The smallest absolute Gasteiger partial charge is 0.0354 e. The molecule has 0 aromatic carbocycles. The average Bonchev–Trinajstić information content (AvgIpc) is 2.59. The van der Waals surface area contributed by atoms with Crippen LogP contribution in [0.3, 0.4) is 0 Å². The Morgan fingerprint density at radius 3 is 0.571 bits per heavy atom. The highest BCUT2D eigenvalue weighted by Gasteiger charge is 2.37. The van der Waals surface area contributed by atoms with Crippen LogP contribution in [-0.4, -0.2) is 0 Å². The average molecular weight is 395 g/mol. The van der Waals surface area contributed by atoms with E-state index in [2.05, 4.69) is 111 Å². The lowest BCUT2D eigenvalue weighted by atomic mass is 9.62. The third-order valence-corrected chi connectivity index (χ3v) is 10.1. The van der Waals surface area contributed by atoms with Gasteiger partial charge in [0.2, 0.25) is 0 Å². The summed E-state index contributed by atoms with van der Waals surface area (Å²) in [6, 6.07) is 0. The van der Waals surface area contributed by atoms with Crippen molar-refractivity contribution in [1.82, 2.24) is 0 Å². The van der Waals surface area contributed by atoms with Crippen LogP contribution in [0.2, 0.25) is 0 Å². The molecule has 0 aromatic heterocycles. The molecule has 0 aliphatic rings. The molecule has 10 atom stereocenters. The normalized spacial score (nSPS) is 24.4. The summed E-state index contributed by atoms with van der Waals surface area (Å²) in [7, 11) is 0. The number of hydrogen-bond donors (Lipinski definition) is 0. The summed E-state index contributed by atoms with van der Waals surface area (Å²) in [6.07, 6.45) is 0. The van der Waals surface area contributed by atoms with Crippen LogP contribution < -0.4 is 0 Å². The summed E-state index contributed by atoms with van der Waals surface area (Å²) in [6.45, 7) is 39.5. The van der Waals surface area contributed by atoms with Gasteiger partial charge in [-0.15, -0.1) is 0 Å². The van der Waals surface area contributed by atoms with E-state index >= 15 is 0 Å². The Kier molecular flexibility index (Phi) is 10.3. The van der Waals surface area contributed by atoms with Gasteiger partial charge in [0.25, 0.3) is 0 Å². The van der Waals surface area contributed by atoms with Gasteiger partial charge in [-0.05, 0) is 70.0 Å². The summed E-state index contributed by atoms with van der Waals surface area (Å²) in [5, 5.41) is 0. The first-order valence-electron chi connectivity index (χ1n) is 12.4. The Bertz CT molecular complexity index is 392. The summed E-state index contributed by atoms with van der Waals surface area (Å²) in [5.41, 5.74) is 0.783. The molecule has 0 bridgehead atoms. The molecule has 0 aromatic rings. The van der Waals surface area contributed by atoms with Crippen LogP contribution in [0.25, 0.3) is 0 Å². The van der Waals surface area contributed by atoms with Crippen molar-refractivity contribution in [2.45, 2.75) is 111 Å². The van der Waals surface area contributed by atoms with E-state index in [0.717, 1.165) is 59.2 Å². The van der Waals surface area contributed by atoms with Gasteiger partial charge >= 0.3 is 0 Å². The van der Waals surface area contributed by atoms with Gasteiger partial charge in [0, 0.05) is 0 Å². The third kappa shape index (κ3) is 7.05. The summed E-state index contributed by atoms with van der Waals surface area (Å²) in [4.78, 5) is 0. The van der Waals surface area contributed by atoms with Crippen molar-refractivity contribution >= 4 is 0 Å². The first-order chi connectivity index (χ1) is 12.4. The van der Waals surface area contributed by atoms with Crippen LogP contribution >= 0.6 is 0 Å². The maximum atomic E-state index is 2.53. The number of rotatable bonds is 9. The largest absolute Gasteiger partial charge is 0.0620 e. The Labute approximate surface area is 181 Å². The van der Waals surface area contributed by atoms with Crippen LogP contribution in [0.1, 0.15) is 111 Å². The lowest BCUT2D eigenvalue weighted by Crippen LogP contribution is -2.37. The van der Waals surface area contributed by atoms with E-state index in [4.69, 9.17) is 0 Å². The van der Waals surface area contributed by atoms with Gasteiger partial charge < -0.3 is 0 Å². The highest BCUT2D eigenvalue weighted by atomic mass is 14.4. The molecule has 0 aliphatic carbocycles. The van der Waals surface area contributed by atoms with Crippen LogP contribution in [0.15, 0.2) is 0 Å². The van der Waals surface area contributed by atoms with E-state index in [1.54, 1.807) is 0 Å². The molecule has 0 N–H and O–H groups in total. The van der Waals surface area contributed by atoms with Crippen LogP contribution in [0, 0.1) is 70.0 Å². The summed E-state index contributed by atoms with van der Waals surface area (Å²) in [5.74, 6) is 7.60. The fraction of sp³-hybridized carbons (Fsp3) is 1.00. The van der Waals surface area contributed by atoms with Crippen LogP contribution in [0.5, 0.6) is 0 Å². The van der Waals surface area contributed by atoms with Crippen molar-refractivity contribution in [3.8, 4) is 0 Å². The van der Waals surface area contributed by atoms with Crippen molar-refractivity contribution in [2.24, 2.45) is 70.0 Å². The fourth-order valence-electron chi connectivity index (χ4n) is 5.36. The van der Waals surface area contributed by atoms with Gasteiger partial charge in [-0.25, -0.2) is 0 Å². The first kappa shape index (κ1) is 28.0. The quantitative estimate of drug-likeness (QED) is 0.365. The predicted octanol–water partition coefficient (Wildman–Crippen LogP) is 9.44. The van der Waals surface area contributed by atoms with E-state index in [1.165, 1.54) is 0 Å². The molecular weight excluding hydrogens is 336 g/mol. The maximum absolute atomic E-state index is 2.53. The second-order valence-corrected chi connectivity index (χ2v) is 13.2. The van der Waals surface area contributed by atoms with Crippen molar-refractivity contribution in [2.75, 3.05) is 0 Å². The Balaban J connectivity index is 5.19. The molecule has 0 saturated carbocycles. The molecular formula is C28H58. The minimum Gasteiger partial charge on any atom is -0.0620 e. The predicted molar refractivity (Wildman–Crippen MR) is 131 cm³/mol. The maximum Gasteiger partial charge on any atom is -0.0354 e. The van der Waals surface area contributed by atoms with Crippen molar-refractivity contribution < 1.29 is 0 Å². The first-order valence-corrected chi connectivity index (χ1v) is 12.4. The molecule has 0 heteroatoms. The molecule has 0 fully saturated rings. The monoisotopic (exact) mass is 394 g/mol. The molecule has 28 heavy (non-hydrogen) atoms. The Morgan fingerprint density at radius 1 is 0.286 bits per heavy atom. The van der Waals surface area contributed by atoms with Crippen molar-refractivity contribution in [1.29, 1.82) is 0 Å². The van der Waals surface area contributed by atoms with Gasteiger partial charge in [0.05, 0.1) is 0 Å². The fourth-order valence-corrected chi connectivity index (χ4v) is 5.36. The summed E-state index contributed by atoms with van der Waals surface area (Å²) >= 11 is 0. The van der Waals surface area contributed by atoms with Gasteiger partial charge in [-0.1, -0.05) is 111 Å². The van der Waals surface area contributed by atoms with Crippen molar-refractivity contribution in [3.63, 3.8) is 0 Å². The highest BCUT2D eigenvalue weighted by Crippen LogP contribution is 2.44. The van der Waals surface area contributed by atoms with E-state index in [0.29, 0.717) is 10.8 Å². The molecule has 0 spiro atoms. The second-order valence-electron chi connectivity index (χ2n) is 13.2. The van der Waals surface area contributed by atoms with Crippen LogP contribution in [0.4, 0.5) is 0 Å². The zero-order valence-corrected chi connectivity index (χ0v) is 22.8. The lowest BCUT2D eigenvalue weighted by Gasteiger charge is -2.44. The minimum absolute atomic E-state index is 0.391. The molecule has 0 nitrogen and oxygen atoms in total. The number of hydrogen-bond acceptors (Lipinski definition) is 0. The van der Waals surface area contributed by atoms with Gasteiger partial charge in [0.1, 0.15) is 0 Å². The topological polar surface area (TPSA) is 0 Å². The standard InChI is InChI=1S/C28H58/c1-17(19(3)21(5)23(7)25(9)27(11,12)13)18(2)20(4)22(6)24(8)26(10)28(14,15)16/h17-26H,1-16H3. The highest BCUT2D eigenvalue weighted by molar-refractivity contribution is 4.86. The zero-order chi connectivity index (χ0) is 22.8. The molecule has 10 unspecified atom stereocenters. The molecule has 0 saturated heterocycles. The third-order valence-electron chi connectivity index (χ3n) is 10.1. The Hall–Kier alpha value is 0. The Morgan fingerprint density at radius 2 is 0.429 bits per heavy atom. The molecule has 0 heterocycles. The van der Waals surface area contributed by atoms with Gasteiger partial charge in [-0.3, -0.25) is 0 Å². The summed E-state index contributed by atoms with van der Waals surface area (Å²) < 4.78 is 0. The molecule has 0 aliphatic heterocycles. The SMILES string of the molecule is CC(C(C)C(C)C(C)C(C)C(C)C(C)(C)C)C(C)C(C)C(C)C(C)C(C)(C)C. The molecule has 0 radical (unpaired) electrons. The minimum atomic E-state index is 0.391. The lowest BCUT2D eigenvalue weighted by molar-refractivity contribution is 0.0505. The second kappa shape index (κ2) is 10.3. The van der Waals surface area contributed by atoms with Crippen molar-refractivity contribution in [3.05, 3.63) is 0 Å². The van der Waals surface area contributed by atoms with Gasteiger partial charge in [-0.2, -0.15) is 0 Å². The van der Waals surface area contributed by atoms with E-state index < -0.39 is 0 Å².